The van der Waals surface area contributed by atoms with Crippen LogP contribution in [0, 0.1) is 0 Å². The van der Waals surface area contributed by atoms with Crippen LogP contribution < -0.4 is 0 Å². The molecule has 0 aliphatic heterocycles. The molecule has 1 amide bonds. The molecule has 2 aromatic rings. The highest BCUT2D eigenvalue weighted by molar-refractivity contribution is 5.82. The molecule has 1 aromatic carbocycles. The van der Waals surface area contributed by atoms with Gasteiger partial charge in [0.15, 0.2) is 0 Å². The van der Waals surface area contributed by atoms with Gasteiger partial charge in [0.25, 0.3) is 0 Å². The lowest BCUT2D eigenvalue weighted by atomic mass is 10.0. The van der Waals surface area contributed by atoms with Crippen LogP contribution in [0.3, 0.4) is 0 Å². The lowest BCUT2D eigenvalue weighted by Gasteiger charge is -2.20. The third kappa shape index (κ3) is 7.47. The van der Waals surface area contributed by atoms with Crippen molar-refractivity contribution >= 4 is 16.9 Å². The van der Waals surface area contributed by atoms with E-state index in [1.807, 2.05) is 30.5 Å². The van der Waals surface area contributed by atoms with Crippen molar-refractivity contribution in [3.05, 3.63) is 42.2 Å². The largest absolute Gasteiger partial charge is 0.465 e. The zero-order valence-corrected chi connectivity index (χ0v) is 17.3. The number of hydrogen-bond acceptors (Lipinski definition) is 3. The van der Waals surface area contributed by atoms with E-state index in [1.165, 1.54) is 17.7 Å². The van der Waals surface area contributed by atoms with Crippen molar-refractivity contribution in [3.8, 4) is 0 Å². The van der Waals surface area contributed by atoms with Crippen molar-refractivity contribution in [3.63, 3.8) is 0 Å². The number of hydrogen-bond donors (Lipinski definition) is 1. The molecule has 1 N–H and O–H groups in total. The van der Waals surface area contributed by atoms with E-state index < -0.39 is 6.09 Å². The topological polar surface area (TPSA) is 62.7 Å². The molecule has 154 valence electrons. The quantitative estimate of drug-likeness (QED) is 0.437. The monoisotopic (exact) mass is 386 g/mol. The first-order chi connectivity index (χ1) is 13.6. The Labute approximate surface area is 168 Å². The molecule has 0 saturated heterocycles. The van der Waals surface area contributed by atoms with E-state index in [0.29, 0.717) is 19.2 Å². The van der Waals surface area contributed by atoms with Crippen LogP contribution in [0.25, 0.3) is 10.8 Å². The number of unbranched alkanes of at least 4 members (excludes halogenated alkanes) is 4. The normalized spacial score (nSPS) is 12.2. The number of methoxy groups -OCH3 is 1. The molecular formula is C23H34N2O3. The van der Waals surface area contributed by atoms with E-state index in [9.17, 15) is 9.90 Å². The zero-order chi connectivity index (χ0) is 20.2. The van der Waals surface area contributed by atoms with Gasteiger partial charge in [-0.3, -0.25) is 4.98 Å². The minimum atomic E-state index is -0.853. The summed E-state index contributed by atoms with van der Waals surface area (Å²) in [5, 5.41) is 11.7. The van der Waals surface area contributed by atoms with Gasteiger partial charge in [-0.05, 0) is 42.3 Å². The highest BCUT2D eigenvalue weighted by Crippen LogP contribution is 2.17. The van der Waals surface area contributed by atoms with Crippen molar-refractivity contribution in [1.82, 2.24) is 9.88 Å². The van der Waals surface area contributed by atoms with Gasteiger partial charge in [-0.25, -0.2) is 4.79 Å². The van der Waals surface area contributed by atoms with E-state index in [4.69, 9.17) is 4.74 Å². The number of fused-ring (bicyclic) bond motifs is 1. The average molecular weight is 387 g/mol. The first-order valence-corrected chi connectivity index (χ1v) is 10.5. The van der Waals surface area contributed by atoms with Crippen molar-refractivity contribution in [1.29, 1.82) is 0 Å². The van der Waals surface area contributed by atoms with Crippen LogP contribution in [-0.4, -0.2) is 40.8 Å². The molecular weight excluding hydrogens is 352 g/mol. The number of nitrogens with zero attached hydrogens (tertiary/aromatic N) is 2. The van der Waals surface area contributed by atoms with Gasteiger partial charge >= 0.3 is 6.09 Å². The molecule has 0 radical (unpaired) electrons. The van der Waals surface area contributed by atoms with E-state index in [1.54, 1.807) is 13.3 Å². The first-order valence-electron chi connectivity index (χ1n) is 10.5. The first kappa shape index (κ1) is 22.2. The SMILES string of the molecule is CCCCC(CCCCCCN(Cc1ccc2cnccc2c1)C(=O)O)OC. The lowest BCUT2D eigenvalue weighted by Crippen LogP contribution is -2.29. The Morgan fingerprint density at radius 3 is 2.64 bits per heavy atom. The van der Waals surface area contributed by atoms with Gasteiger partial charge in [-0.1, -0.05) is 51.2 Å². The molecule has 1 aromatic heterocycles. The number of rotatable bonds is 13. The maximum Gasteiger partial charge on any atom is 0.407 e. The second-order valence-corrected chi connectivity index (χ2v) is 7.46. The highest BCUT2D eigenvalue weighted by Gasteiger charge is 2.12. The van der Waals surface area contributed by atoms with Gasteiger partial charge in [0, 0.05) is 38.0 Å². The number of benzene rings is 1. The van der Waals surface area contributed by atoms with Crippen LogP contribution in [0.2, 0.25) is 0 Å². The van der Waals surface area contributed by atoms with Crippen LogP contribution in [0.15, 0.2) is 36.7 Å². The summed E-state index contributed by atoms with van der Waals surface area (Å²) in [6.07, 6.45) is 12.0. The minimum absolute atomic E-state index is 0.374. The van der Waals surface area contributed by atoms with E-state index >= 15 is 0 Å². The van der Waals surface area contributed by atoms with E-state index in [0.717, 1.165) is 54.9 Å². The molecule has 1 heterocycles. The molecule has 0 spiro atoms. The molecule has 0 aliphatic rings. The molecule has 5 nitrogen and oxygen atoms in total. The molecule has 0 bridgehead atoms. The summed E-state index contributed by atoms with van der Waals surface area (Å²) >= 11 is 0. The Morgan fingerprint density at radius 2 is 1.89 bits per heavy atom. The predicted octanol–water partition coefficient (Wildman–Crippen LogP) is 5.87. The summed E-state index contributed by atoms with van der Waals surface area (Å²) in [7, 11) is 1.80. The van der Waals surface area contributed by atoms with Crippen LogP contribution in [0.4, 0.5) is 4.79 Å². The van der Waals surface area contributed by atoms with E-state index in [2.05, 4.69) is 11.9 Å². The number of pyridine rings is 1. The van der Waals surface area contributed by atoms with Gasteiger partial charge in [0.05, 0.1) is 6.10 Å². The summed E-state index contributed by atoms with van der Waals surface area (Å²) < 4.78 is 5.54. The van der Waals surface area contributed by atoms with Gasteiger partial charge in [0.1, 0.15) is 0 Å². The van der Waals surface area contributed by atoms with Gasteiger partial charge < -0.3 is 14.7 Å². The van der Waals surface area contributed by atoms with Crippen LogP contribution >= 0.6 is 0 Å². The Bertz CT molecular complexity index is 720. The van der Waals surface area contributed by atoms with Gasteiger partial charge in [0.2, 0.25) is 0 Å². The van der Waals surface area contributed by atoms with Crippen LogP contribution in [-0.2, 0) is 11.3 Å². The number of aromatic nitrogens is 1. The van der Waals surface area contributed by atoms with Crippen molar-refractivity contribution in [2.24, 2.45) is 0 Å². The maximum absolute atomic E-state index is 11.6. The molecule has 0 fully saturated rings. The molecule has 5 heteroatoms. The second-order valence-electron chi connectivity index (χ2n) is 7.46. The third-order valence-electron chi connectivity index (χ3n) is 5.27. The Kier molecular flexibility index (Phi) is 9.77. The van der Waals surface area contributed by atoms with Crippen LogP contribution in [0.5, 0.6) is 0 Å². The Balaban J connectivity index is 1.73. The van der Waals surface area contributed by atoms with Gasteiger partial charge in [-0.2, -0.15) is 0 Å². The standard InChI is InChI=1S/C23H34N2O3/c1-3-4-9-22(28-2)10-7-5-6-8-15-25(23(26)27)18-19-11-12-21-17-24-14-13-20(21)16-19/h11-14,16-17,22H,3-10,15,18H2,1-2H3,(H,26,27). The number of carbonyl (C=O) groups is 1. The smallest absolute Gasteiger partial charge is 0.407 e. The Hall–Kier alpha value is -2.14. The molecule has 1 unspecified atom stereocenters. The summed E-state index contributed by atoms with van der Waals surface area (Å²) in [4.78, 5) is 17.2. The fourth-order valence-corrected chi connectivity index (χ4v) is 3.53. The Morgan fingerprint density at radius 1 is 1.11 bits per heavy atom. The minimum Gasteiger partial charge on any atom is -0.465 e. The van der Waals surface area contributed by atoms with Crippen molar-refractivity contribution in [2.75, 3.05) is 13.7 Å². The summed E-state index contributed by atoms with van der Waals surface area (Å²) in [5.41, 5.74) is 1.01. The van der Waals surface area contributed by atoms with Crippen molar-refractivity contribution in [2.45, 2.75) is 70.9 Å². The van der Waals surface area contributed by atoms with Gasteiger partial charge in [-0.15, -0.1) is 0 Å². The number of amides is 1. The second kappa shape index (κ2) is 12.3. The maximum atomic E-state index is 11.6. The lowest BCUT2D eigenvalue weighted by molar-refractivity contribution is 0.0836. The van der Waals surface area contributed by atoms with E-state index in [-0.39, 0.29) is 0 Å². The molecule has 1 atom stereocenters. The third-order valence-corrected chi connectivity index (χ3v) is 5.27. The summed E-state index contributed by atoms with van der Waals surface area (Å²) in [6, 6.07) is 8.00. The summed E-state index contributed by atoms with van der Waals surface area (Å²) in [5.74, 6) is 0. The predicted molar refractivity (Wildman–Crippen MR) is 114 cm³/mol. The number of carboxylic acid groups (broad SMARTS) is 1. The van der Waals surface area contributed by atoms with Crippen LogP contribution in [0.1, 0.15) is 63.9 Å². The average Bonchev–Trinajstić information content (AvgIpc) is 2.71. The fraction of sp³-hybridized carbons (Fsp3) is 0.565. The zero-order valence-electron chi connectivity index (χ0n) is 17.3. The van der Waals surface area contributed by atoms with Crippen molar-refractivity contribution < 1.29 is 14.6 Å². The fourth-order valence-electron chi connectivity index (χ4n) is 3.53. The number of ether oxygens (including phenoxy) is 1. The highest BCUT2D eigenvalue weighted by atomic mass is 16.5. The summed E-state index contributed by atoms with van der Waals surface area (Å²) in [6.45, 7) is 3.21. The molecule has 28 heavy (non-hydrogen) atoms. The molecule has 0 saturated carbocycles. The molecule has 2 rings (SSSR count). The molecule has 0 aliphatic carbocycles.